The molecule has 0 fully saturated rings. The summed E-state index contributed by atoms with van der Waals surface area (Å²) in [6, 6.07) is 32.8. The van der Waals surface area contributed by atoms with E-state index in [4.69, 9.17) is 7.16 Å². The molecule has 10 rings (SSSR count). The van der Waals surface area contributed by atoms with Crippen LogP contribution in [0.1, 0.15) is 11.0 Å². The van der Waals surface area contributed by atoms with Gasteiger partial charge in [0.2, 0.25) is 0 Å². The van der Waals surface area contributed by atoms with Gasteiger partial charge in [-0.25, -0.2) is 0 Å². The number of para-hydroxylation sites is 2. The minimum Gasteiger partial charge on any atom is -0.455 e. The van der Waals surface area contributed by atoms with E-state index < -0.39 is 0 Å². The van der Waals surface area contributed by atoms with Gasteiger partial charge in [-0.05, 0) is 77.0 Å². The lowest BCUT2D eigenvalue weighted by atomic mass is 9.86. The lowest BCUT2D eigenvalue weighted by molar-refractivity contribution is 0.670. The van der Waals surface area contributed by atoms with Gasteiger partial charge in [-0.1, -0.05) is 151 Å². The molecule has 1 heterocycles. The Morgan fingerprint density at radius 3 is 1.71 bits per heavy atom. The number of benzene rings is 9. The monoisotopic (exact) mass is 578 g/mol. The normalized spacial score (nSPS) is 14.5. The first-order valence-electron chi connectivity index (χ1n) is 18.9. The van der Waals surface area contributed by atoms with Gasteiger partial charge in [-0.2, -0.15) is 0 Å². The van der Waals surface area contributed by atoms with Gasteiger partial charge in [-0.3, -0.25) is 0 Å². The predicted molar refractivity (Wildman–Crippen MR) is 191 cm³/mol. The van der Waals surface area contributed by atoms with Gasteiger partial charge in [0, 0.05) is 16.3 Å². The molecular weight excluding hydrogens is 544 g/mol. The van der Waals surface area contributed by atoms with Crippen LogP contribution < -0.4 is 0 Å². The fourth-order valence-corrected chi connectivity index (χ4v) is 6.84. The average molecular weight is 579 g/mol. The van der Waals surface area contributed by atoms with Crippen molar-refractivity contribution in [2.24, 2.45) is 0 Å². The number of rotatable bonds is 3. The molecule has 9 aromatic carbocycles. The van der Waals surface area contributed by atoms with Crippen LogP contribution in [0.25, 0.3) is 98.4 Å². The summed E-state index contributed by atoms with van der Waals surface area (Å²) in [6.45, 7) is 0. The maximum atomic E-state index is 9.56. The molecular formula is C44H26O. The zero-order valence-electron chi connectivity index (χ0n) is 31.8. The van der Waals surface area contributed by atoms with Crippen LogP contribution in [-0.4, -0.2) is 0 Å². The van der Waals surface area contributed by atoms with Crippen molar-refractivity contribution in [1.82, 2.24) is 0 Å². The first-order chi connectivity index (χ1) is 25.7. The van der Waals surface area contributed by atoms with Crippen molar-refractivity contribution >= 4 is 65.0 Å². The summed E-state index contributed by atoms with van der Waals surface area (Å²) in [5, 5.41) is 4.82. The third kappa shape index (κ3) is 3.56. The molecule has 0 amide bonds. The topological polar surface area (TPSA) is 13.1 Å². The summed E-state index contributed by atoms with van der Waals surface area (Å²) in [7, 11) is 0. The summed E-state index contributed by atoms with van der Waals surface area (Å²) >= 11 is 0. The molecule has 0 bridgehead atoms. The molecule has 10 aromatic rings. The van der Waals surface area contributed by atoms with Crippen molar-refractivity contribution in [3.63, 3.8) is 0 Å². The second-order valence-corrected chi connectivity index (χ2v) is 11.4. The van der Waals surface area contributed by atoms with Crippen LogP contribution in [0.2, 0.25) is 0 Å². The number of furan rings is 1. The van der Waals surface area contributed by atoms with Gasteiger partial charge >= 0.3 is 0 Å². The molecule has 0 saturated carbocycles. The Balaban J connectivity index is 1.33. The Morgan fingerprint density at radius 1 is 0.356 bits per heavy atom. The van der Waals surface area contributed by atoms with Crippen molar-refractivity contribution < 1.29 is 15.4 Å². The molecule has 0 aliphatic carbocycles. The molecule has 45 heavy (non-hydrogen) atoms. The van der Waals surface area contributed by atoms with Crippen LogP contribution in [0.15, 0.2) is 162 Å². The van der Waals surface area contributed by atoms with Crippen molar-refractivity contribution in [1.29, 1.82) is 0 Å². The lowest BCUT2D eigenvalue weighted by Crippen LogP contribution is -1.90. The fourth-order valence-electron chi connectivity index (χ4n) is 6.84. The van der Waals surface area contributed by atoms with Crippen LogP contribution >= 0.6 is 0 Å². The van der Waals surface area contributed by atoms with E-state index in [2.05, 4.69) is 24.3 Å². The lowest BCUT2D eigenvalue weighted by Gasteiger charge is -2.17. The zero-order valence-corrected chi connectivity index (χ0v) is 23.8. The first kappa shape index (κ1) is 18.0. The second kappa shape index (κ2) is 9.29. The quantitative estimate of drug-likeness (QED) is 0.190. The van der Waals surface area contributed by atoms with Gasteiger partial charge in [0.15, 0.2) is 0 Å². The molecule has 0 aliphatic heterocycles. The number of fused-ring (bicyclic) bond motifs is 4. The molecule has 0 spiro atoms. The first-order valence-corrected chi connectivity index (χ1v) is 14.9. The zero-order chi connectivity index (χ0) is 36.4. The van der Waals surface area contributed by atoms with Gasteiger partial charge in [-0.15, -0.1) is 0 Å². The molecule has 0 atom stereocenters. The second-order valence-electron chi connectivity index (χ2n) is 11.4. The predicted octanol–water partition coefficient (Wildman–Crippen LogP) is 12.6. The van der Waals surface area contributed by atoms with E-state index in [9.17, 15) is 8.22 Å². The van der Waals surface area contributed by atoms with Gasteiger partial charge in [0.25, 0.3) is 0 Å². The number of hydrogen-bond donors (Lipinski definition) is 0. The molecule has 1 heteroatoms. The minimum atomic E-state index is -0.354. The average Bonchev–Trinajstić information content (AvgIpc) is 3.57. The van der Waals surface area contributed by atoms with Crippen LogP contribution in [0, 0.1) is 0 Å². The highest BCUT2D eigenvalue weighted by Gasteiger charge is 2.18. The Kier molecular flexibility index (Phi) is 3.72. The maximum Gasteiger partial charge on any atom is 0.143 e. The molecule has 0 aliphatic rings. The van der Waals surface area contributed by atoms with Crippen molar-refractivity contribution in [3.05, 3.63) is 158 Å². The van der Waals surface area contributed by atoms with E-state index in [1.54, 1.807) is 6.07 Å². The number of hydrogen-bond acceptors (Lipinski definition) is 1. The van der Waals surface area contributed by atoms with E-state index in [0.717, 1.165) is 32.7 Å². The molecule has 0 N–H and O–H groups in total. The summed E-state index contributed by atoms with van der Waals surface area (Å²) in [4.78, 5) is 0. The highest BCUT2D eigenvalue weighted by molar-refractivity contribution is 6.28. The molecule has 1 aromatic heterocycles. The van der Waals surface area contributed by atoms with Gasteiger partial charge < -0.3 is 4.42 Å². The third-order valence-corrected chi connectivity index (χ3v) is 8.95. The van der Waals surface area contributed by atoms with Crippen LogP contribution in [0.4, 0.5) is 0 Å². The van der Waals surface area contributed by atoms with E-state index in [0.29, 0.717) is 22.3 Å². The summed E-state index contributed by atoms with van der Waals surface area (Å²) in [5.74, 6) is 0. The van der Waals surface area contributed by atoms with Crippen LogP contribution in [0.5, 0.6) is 0 Å². The molecule has 0 radical (unpaired) electrons. The van der Waals surface area contributed by atoms with Crippen molar-refractivity contribution in [3.8, 4) is 33.4 Å². The third-order valence-electron chi connectivity index (χ3n) is 8.95. The minimum absolute atomic E-state index is 0.0101. The van der Waals surface area contributed by atoms with Gasteiger partial charge in [0.05, 0.1) is 11.0 Å². The van der Waals surface area contributed by atoms with Gasteiger partial charge in [0.1, 0.15) is 11.2 Å². The maximum absolute atomic E-state index is 9.56. The van der Waals surface area contributed by atoms with Crippen molar-refractivity contribution in [2.75, 3.05) is 0 Å². The Hall–Kier alpha value is -5.92. The highest BCUT2D eigenvalue weighted by atomic mass is 16.3. The molecule has 208 valence electrons. The van der Waals surface area contributed by atoms with E-state index in [1.165, 1.54) is 0 Å². The van der Waals surface area contributed by atoms with E-state index in [-0.39, 0.29) is 91.8 Å². The Bertz CT molecular complexity index is 3190. The Morgan fingerprint density at radius 2 is 0.911 bits per heavy atom. The van der Waals surface area contributed by atoms with E-state index >= 15 is 0 Å². The van der Waals surface area contributed by atoms with Crippen LogP contribution in [-0.2, 0) is 0 Å². The largest absolute Gasteiger partial charge is 0.455 e. The standard InChI is InChI=1S/C44H26O/c1-2-9-32-27(7-1)8-5-11-33(32)28-15-17-29(18-16-28)34-23-21-30-19-20-31-22-24-35(38-26-25-37(34)42(30)43(31)38)39-12-6-13-40-36-10-3-4-14-41(36)45-44(39)40/h1-26H/i19D,20D,21D,22D,23D,24D,25D,26D. The highest BCUT2D eigenvalue weighted by Crippen LogP contribution is 2.44. The Labute approximate surface area is 271 Å². The van der Waals surface area contributed by atoms with E-state index in [1.807, 2.05) is 78.9 Å². The van der Waals surface area contributed by atoms with Crippen LogP contribution in [0.3, 0.4) is 0 Å². The molecule has 0 unspecified atom stereocenters. The fraction of sp³-hybridized carbons (Fsp3) is 0. The van der Waals surface area contributed by atoms with Crippen molar-refractivity contribution in [2.45, 2.75) is 0 Å². The summed E-state index contributed by atoms with van der Waals surface area (Å²) in [6.07, 6.45) is 0. The molecule has 0 saturated heterocycles. The smallest absolute Gasteiger partial charge is 0.143 e. The summed E-state index contributed by atoms with van der Waals surface area (Å²) < 4.78 is 80.6. The molecule has 1 nitrogen and oxygen atoms in total. The summed E-state index contributed by atoms with van der Waals surface area (Å²) in [5.41, 5.74) is 4.62. The SMILES string of the molecule is [2H]c1c([2H])c2c([2H])c([2H])c3c([2H])c([2H])c(-c4cccc5c4oc4ccccc45)c4c([2H])c([2H])c(c1-c1ccc(-c5cccc6ccccc56)cc1)c2c34.